The highest BCUT2D eigenvalue weighted by Gasteiger charge is 2.21. The van der Waals surface area contributed by atoms with E-state index in [0.29, 0.717) is 0 Å². The van der Waals surface area contributed by atoms with Crippen molar-refractivity contribution in [3.8, 4) is 0 Å². The van der Waals surface area contributed by atoms with Crippen LogP contribution in [-0.4, -0.2) is 34.2 Å². The fraction of sp³-hybridized carbons (Fsp3) is 0.600. The first-order valence-corrected chi connectivity index (χ1v) is 8.58. The second-order valence-corrected chi connectivity index (χ2v) is 7.40. The van der Waals surface area contributed by atoms with E-state index in [1.165, 1.54) is 0 Å². The zero-order chi connectivity index (χ0) is 16.1. The van der Waals surface area contributed by atoms with Crippen LogP contribution >= 0.6 is 0 Å². The van der Waals surface area contributed by atoms with Crippen LogP contribution in [0.25, 0.3) is 0 Å². The van der Waals surface area contributed by atoms with Gasteiger partial charge in [0.15, 0.2) is 0 Å². The lowest BCUT2D eigenvalue weighted by molar-refractivity contribution is 0.0276. The van der Waals surface area contributed by atoms with E-state index in [4.69, 9.17) is 4.74 Å². The largest absolute Gasteiger partial charge is 0.377 e. The molecule has 21 heavy (non-hydrogen) atoms. The molecule has 0 bridgehead atoms. The molecule has 1 aromatic rings. The molecule has 1 unspecified atom stereocenters. The molecule has 0 saturated heterocycles. The average molecular weight is 314 g/mol. The van der Waals surface area contributed by atoms with Gasteiger partial charge in [-0.2, -0.15) is 0 Å². The molecule has 0 spiro atoms. The van der Waals surface area contributed by atoms with Crippen molar-refractivity contribution in [2.75, 3.05) is 20.2 Å². The first-order valence-electron chi connectivity index (χ1n) is 7.10. The maximum atomic E-state index is 12.2. The van der Waals surface area contributed by atoms with Gasteiger partial charge in [-0.1, -0.05) is 19.1 Å². The van der Waals surface area contributed by atoms with Crippen LogP contribution in [0.2, 0.25) is 0 Å². The number of ether oxygens (including phenoxy) is 1. The molecular formula is C15H26N2O3S. The van der Waals surface area contributed by atoms with Crippen LogP contribution in [0.4, 0.5) is 0 Å². The Labute approximate surface area is 128 Å². The Morgan fingerprint density at radius 1 is 1.24 bits per heavy atom. The minimum Gasteiger partial charge on any atom is -0.377 e. The van der Waals surface area contributed by atoms with Gasteiger partial charge in [-0.3, -0.25) is 0 Å². The third-order valence-electron chi connectivity index (χ3n) is 3.44. The van der Waals surface area contributed by atoms with E-state index in [2.05, 4.69) is 10.0 Å². The van der Waals surface area contributed by atoms with E-state index in [9.17, 15) is 8.42 Å². The van der Waals surface area contributed by atoms with Gasteiger partial charge < -0.3 is 10.1 Å². The van der Waals surface area contributed by atoms with Gasteiger partial charge in [-0.25, -0.2) is 13.1 Å². The first-order chi connectivity index (χ1) is 9.72. The van der Waals surface area contributed by atoms with E-state index >= 15 is 0 Å². The number of benzene rings is 1. The van der Waals surface area contributed by atoms with Crippen molar-refractivity contribution in [1.29, 1.82) is 0 Å². The number of sulfonamides is 1. The van der Waals surface area contributed by atoms with Gasteiger partial charge in [0.2, 0.25) is 10.0 Å². The summed E-state index contributed by atoms with van der Waals surface area (Å²) in [6.45, 7) is 8.84. The van der Waals surface area contributed by atoms with Gasteiger partial charge in [0.1, 0.15) is 0 Å². The van der Waals surface area contributed by atoms with Gasteiger partial charge in [0.05, 0.1) is 10.5 Å². The van der Waals surface area contributed by atoms with E-state index in [-0.39, 0.29) is 17.5 Å². The van der Waals surface area contributed by atoms with Gasteiger partial charge in [-0.05, 0) is 45.0 Å². The monoisotopic (exact) mass is 314 g/mol. The minimum absolute atomic E-state index is 0.201. The lowest BCUT2D eigenvalue weighted by atomic mass is 10.1. The molecule has 1 aromatic carbocycles. The SMILES string of the molecule is CCNC(C)c1ccc(S(=O)(=O)NCC(C)(C)OC)cc1. The second kappa shape index (κ2) is 7.35. The third kappa shape index (κ3) is 5.39. The fourth-order valence-electron chi connectivity index (χ4n) is 1.78. The minimum atomic E-state index is -3.51. The van der Waals surface area contributed by atoms with Crippen LogP contribution in [0.1, 0.15) is 39.3 Å². The summed E-state index contributed by atoms with van der Waals surface area (Å²) in [4.78, 5) is 0.266. The van der Waals surface area contributed by atoms with Gasteiger partial charge in [0, 0.05) is 19.7 Å². The maximum Gasteiger partial charge on any atom is 0.240 e. The molecule has 6 heteroatoms. The summed E-state index contributed by atoms with van der Waals surface area (Å²) >= 11 is 0. The van der Waals surface area contributed by atoms with Gasteiger partial charge in [0.25, 0.3) is 0 Å². The Bertz CT molecular complexity index is 539. The van der Waals surface area contributed by atoms with Crippen molar-refractivity contribution in [3.05, 3.63) is 29.8 Å². The first kappa shape index (κ1) is 18.1. The Kier molecular flexibility index (Phi) is 6.34. The summed E-state index contributed by atoms with van der Waals surface area (Å²) in [5.74, 6) is 0. The smallest absolute Gasteiger partial charge is 0.240 e. The molecule has 1 rings (SSSR count). The molecular weight excluding hydrogens is 288 g/mol. The standard InChI is InChI=1S/C15H26N2O3S/c1-6-16-12(2)13-7-9-14(10-8-13)21(18,19)17-11-15(3,4)20-5/h7-10,12,16-17H,6,11H2,1-5H3. The van der Waals surface area contributed by atoms with Crippen LogP contribution in [0.15, 0.2) is 29.2 Å². The summed E-state index contributed by atoms with van der Waals surface area (Å²) in [6.07, 6.45) is 0. The quantitative estimate of drug-likeness (QED) is 0.771. The van der Waals surface area contributed by atoms with Crippen LogP contribution in [0.3, 0.4) is 0 Å². The van der Waals surface area contributed by atoms with Crippen molar-refractivity contribution in [2.24, 2.45) is 0 Å². The molecule has 0 fully saturated rings. The van der Waals surface area contributed by atoms with Crippen LogP contribution in [0.5, 0.6) is 0 Å². The molecule has 0 aliphatic carbocycles. The Morgan fingerprint density at radius 2 is 1.81 bits per heavy atom. The number of methoxy groups -OCH3 is 1. The van der Waals surface area contributed by atoms with E-state index < -0.39 is 15.6 Å². The molecule has 1 atom stereocenters. The van der Waals surface area contributed by atoms with Crippen molar-refractivity contribution < 1.29 is 13.2 Å². The zero-order valence-corrected chi connectivity index (χ0v) is 14.3. The number of rotatable bonds is 8. The summed E-state index contributed by atoms with van der Waals surface area (Å²) < 4.78 is 32.2. The molecule has 0 aliphatic rings. The fourth-order valence-corrected chi connectivity index (χ4v) is 2.98. The van der Waals surface area contributed by atoms with Crippen molar-refractivity contribution in [2.45, 2.75) is 44.2 Å². The van der Waals surface area contributed by atoms with E-state index in [1.807, 2.05) is 39.8 Å². The summed E-state index contributed by atoms with van der Waals surface area (Å²) in [6, 6.07) is 7.13. The lowest BCUT2D eigenvalue weighted by Gasteiger charge is -2.23. The van der Waals surface area contributed by atoms with Crippen LogP contribution in [0, 0.1) is 0 Å². The zero-order valence-electron chi connectivity index (χ0n) is 13.4. The summed E-state index contributed by atoms with van der Waals surface area (Å²) in [5, 5.41) is 3.29. The lowest BCUT2D eigenvalue weighted by Crippen LogP contribution is -2.39. The second-order valence-electron chi connectivity index (χ2n) is 5.64. The Morgan fingerprint density at radius 3 is 2.29 bits per heavy atom. The molecule has 2 N–H and O–H groups in total. The molecule has 0 aromatic heterocycles. The number of nitrogens with one attached hydrogen (secondary N) is 2. The van der Waals surface area contributed by atoms with Gasteiger partial charge in [-0.15, -0.1) is 0 Å². The molecule has 0 radical (unpaired) electrons. The predicted molar refractivity (Wildman–Crippen MR) is 84.8 cm³/mol. The highest BCUT2D eigenvalue weighted by Crippen LogP contribution is 2.16. The highest BCUT2D eigenvalue weighted by molar-refractivity contribution is 7.89. The summed E-state index contributed by atoms with van der Waals surface area (Å²) in [7, 11) is -1.95. The molecule has 0 aliphatic heterocycles. The topological polar surface area (TPSA) is 67.4 Å². The maximum absolute atomic E-state index is 12.2. The van der Waals surface area contributed by atoms with E-state index in [1.54, 1.807) is 19.2 Å². The third-order valence-corrected chi connectivity index (χ3v) is 4.86. The molecule has 120 valence electrons. The van der Waals surface area contributed by atoms with E-state index in [0.717, 1.165) is 12.1 Å². The molecule has 5 nitrogen and oxygen atoms in total. The van der Waals surface area contributed by atoms with Gasteiger partial charge >= 0.3 is 0 Å². The van der Waals surface area contributed by atoms with Crippen molar-refractivity contribution in [3.63, 3.8) is 0 Å². The number of hydrogen-bond acceptors (Lipinski definition) is 4. The predicted octanol–water partition coefficient (Wildman–Crippen LogP) is 2.06. The van der Waals surface area contributed by atoms with Crippen molar-refractivity contribution in [1.82, 2.24) is 10.0 Å². The summed E-state index contributed by atoms with van der Waals surface area (Å²) in [5.41, 5.74) is 0.528. The molecule has 0 saturated carbocycles. The molecule has 0 heterocycles. The highest BCUT2D eigenvalue weighted by atomic mass is 32.2. The van der Waals surface area contributed by atoms with Crippen LogP contribution < -0.4 is 10.0 Å². The normalized spacial score (nSPS) is 14.1. The average Bonchev–Trinajstić information content (AvgIpc) is 2.46. The number of hydrogen-bond donors (Lipinski definition) is 2. The Balaban J connectivity index is 2.80. The molecule has 0 amide bonds. The Hall–Kier alpha value is -0.950. The van der Waals surface area contributed by atoms with Crippen LogP contribution in [-0.2, 0) is 14.8 Å². The van der Waals surface area contributed by atoms with Crippen molar-refractivity contribution >= 4 is 10.0 Å².